The second kappa shape index (κ2) is 11.1. The van der Waals surface area contributed by atoms with Gasteiger partial charge < -0.3 is 15.8 Å². The molecule has 11 heteroatoms. The summed E-state index contributed by atoms with van der Waals surface area (Å²) in [7, 11) is 1.62. The average molecular weight is 515 g/mol. The van der Waals surface area contributed by atoms with Crippen molar-refractivity contribution < 1.29 is 18.7 Å². The van der Waals surface area contributed by atoms with Crippen molar-refractivity contribution in [3.63, 3.8) is 0 Å². The number of urea groups is 1. The minimum atomic E-state index is -0.705. The first-order valence-corrected chi connectivity index (χ1v) is 11.8. The Labute approximate surface area is 213 Å². The van der Waals surface area contributed by atoms with Crippen LogP contribution in [0.15, 0.2) is 48.5 Å². The molecule has 1 saturated heterocycles. The van der Waals surface area contributed by atoms with Crippen molar-refractivity contribution in [3.05, 3.63) is 76.2 Å². The number of methoxy groups -OCH3 is 1. The summed E-state index contributed by atoms with van der Waals surface area (Å²) in [6, 6.07) is 12.6. The van der Waals surface area contributed by atoms with Gasteiger partial charge in [0, 0.05) is 37.7 Å². The van der Waals surface area contributed by atoms with Gasteiger partial charge in [-0.05, 0) is 42.8 Å². The van der Waals surface area contributed by atoms with E-state index in [1.807, 2.05) is 18.2 Å². The molecule has 2 heterocycles. The van der Waals surface area contributed by atoms with Crippen molar-refractivity contribution in [3.8, 4) is 5.69 Å². The molecule has 3 aromatic rings. The third-order valence-corrected chi connectivity index (χ3v) is 6.39. The van der Waals surface area contributed by atoms with E-state index >= 15 is 0 Å². The van der Waals surface area contributed by atoms with Crippen LogP contribution in [0.25, 0.3) is 5.69 Å². The maximum Gasteiger partial charge on any atom is 0.320 e. The number of nitrogens with two attached hydrogens (primary N) is 1. The molecular weight excluding hydrogens is 487 g/mol. The highest BCUT2D eigenvalue weighted by atomic mass is 35.5. The smallest absolute Gasteiger partial charge is 0.320 e. The van der Waals surface area contributed by atoms with Crippen LogP contribution in [-0.2, 0) is 4.74 Å². The van der Waals surface area contributed by atoms with E-state index in [0.29, 0.717) is 43.2 Å². The Balaban J connectivity index is 1.60. The number of carbonyl (C=O) groups is 2. The molecule has 4 N–H and O–H groups in total. The summed E-state index contributed by atoms with van der Waals surface area (Å²) in [5, 5.41) is 10.4. The molecule has 9 nitrogen and oxygen atoms in total. The lowest BCUT2D eigenvalue weighted by Crippen LogP contribution is -2.43. The maximum atomic E-state index is 14.1. The molecule has 1 aromatic heterocycles. The second-order valence-electron chi connectivity index (χ2n) is 8.69. The van der Waals surface area contributed by atoms with Crippen molar-refractivity contribution in [2.45, 2.75) is 18.9 Å². The average Bonchev–Trinajstić information content (AvgIpc) is 3.37. The van der Waals surface area contributed by atoms with Crippen LogP contribution in [0, 0.1) is 12.7 Å². The van der Waals surface area contributed by atoms with Gasteiger partial charge in [0.15, 0.2) is 5.82 Å². The van der Waals surface area contributed by atoms with Gasteiger partial charge in [0.1, 0.15) is 11.4 Å². The number of anilines is 1. The SMILES string of the molecule is COCCN1C[C@H](NC(=O)Nc2c(C(N)=O)c(C)nn2-c2ccccc2)[C@@H](c2cc(F)cc(Cl)c2)C1. The summed E-state index contributed by atoms with van der Waals surface area (Å²) in [5.41, 5.74) is 7.46. The normalized spacial score (nSPS) is 17.8. The van der Waals surface area contributed by atoms with Crippen molar-refractivity contribution in [1.82, 2.24) is 20.0 Å². The van der Waals surface area contributed by atoms with E-state index in [2.05, 4.69) is 20.6 Å². The number of aromatic nitrogens is 2. The zero-order chi connectivity index (χ0) is 25.8. The molecule has 2 aromatic carbocycles. The van der Waals surface area contributed by atoms with Gasteiger partial charge in [0.05, 0.1) is 24.0 Å². The van der Waals surface area contributed by atoms with Gasteiger partial charge in [-0.3, -0.25) is 15.0 Å². The highest BCUT2D eigenvalue weighted by Crippen LogP contribution is 2.30. The Bertz CT molecular complexity index is 1230. The molecule has 1 aliphatic rings. The Hall–Kier alpha value is -3.47. The molecule has 4 rings (SSSR count). The quantitative estimate of drug-likeness (QED) is 0.426. The lowest BCUT2D eigenvalue weighted by Gasteiger charge is -2.21. The number of nitrogens with zero attached hydrogens (tertiary/aromatic N) is 3. The standard InChI is InChI=1S/C25H28ClFN6O3/c1-15-22(23(28)34)24(33(31-15)19-6-4-3-5-7-19)30-25(35)29-21-14-32(8-9-36-2)13-20(21)16-10-17(26)12-18(27)11-16/h3-7,10-12,20-21H,8-9,13-14H2,1-2H3,(H2,28,34)(H2,29,30,35)/t20-,21+/m1/s1. The molecule has 3 amide bonds. The number of rotatable bonds is 8. The summed E-state index contributed by atoms with van der Waals surface area (Å²) in [4.78, 5) is 27.5. The van der Waals surface area contributed by atoms with Crippen molar-refractivity contribution in [1.29, 1.82) is 0 Å². The Kier molecular flexibility index (Phi) is 7.88. The zero-order valence-electron chi connectivity index (χ0n) is 20.0. The number of ether oxygens (including phenoxy) is 1. The zero-order valence-corrected chi connectivity index (χ0v) is 20.8. The summed E-state index contributed by atoms with van der Waals surface area (Å²) >= 11 is 6.11. The number of halogens is 2. The fourth-order valence-corrected chi connectivity index (χ4v) is 4.80. The molecule has 36 heavy (non-hydrogen) atoms. The van der Waals surface area contributed by atoms with Crippen LogP contribution in [0.5, 0.6) is 0 Å². The van der Waals surface area contributed by atoms with Gasteiger partial charge in [-0.1, -0.05) is 29.8 Å². The first kappa shape index (κ1) is 25.6. The minimum Gasteiger partial charge on any atom is -0.383 e. The molecular formula is C25H28ClFN6O3. The Morgan fingerprint density at radius 1 is 1.22 bits per heavy atom. The van der Waals surface area contributed by atoms with Gasteiger partial charge in [-0.15, -0.1) is 0 Å². The van der Waals surface area contributed by atoms with Crippen LogP contribution in [0.3, 0.4) is 0 Å². The van der Waals surface area contributed by atoms with Crippen molar-refractivity contribution in [2.24, 2.45) is 5.73 Å². The number of carbonyl (C=O) groups excluding carboxylic acids is 2. The summed E-state index contributed by atoms with van der Waals surface area (Å²) < 4.78 is 20.8. The van der Waals surface area contributed by atoms with Gasteiger partial charge in [-0.2, -0.15) is 5.10 Å². The lowest BCUT2D eigenvalue weighted by atomic mass is 9.94. The number of hydrogen-bond acceptors (Lipinski definition) is 5. The number of benzene rings is 2. The summed E-state index contributed by atoms with van der Waals surface area (Å²) in [6.07, 6.45) is 0. The number of aryl methyl sites for hydroxylation is 1. The molecule has 1 fully saturated rings. The molecule has 0 aliphatic carbocycles. The third kappa shape index (κ3) is 5.67. The largest absolute Gasteiger partial charge is 0.383 e. The fraction of sp³-hybridized carbons (Fsp3) is 0.320. The molecule has 0 bridgehead atoms. The Morgan fingerprint density at radius 2 is 1.97 bits per heavy atom. The van der Waals surface area contributed by atoms with E-state index in [1.54, 1.807) is 32.2 Å². The highest BCUT2D eigenvalue weighted by Gasteiger charge is 2.35. The van der Waals surface area contributed by atoms with Crippen molar-refractivity contribution in [2.75, 3.05) is 38.7 Å². The van der Waals surface area contributed by atoms with Crippen LogP contribution in [0.4, 0.5) is 15.0 Å². The molecule has 0 spiro atoms. The van der Waals surface area contributed by atoms with E-state index in [4.69, 9.17) is 22.1 Å². The van der Waals surface area contributed by atoms with E-state index in [-0.39, 0.29) is 28.4 Å². The molecule has 190 valence electrons. The van der Waals surface area contributed by atoms with E-state index in [0.717, 1.165) is 0 Å². The van der Waals surface area contributed by atoms with E-state index in [9.17, 15) is 14.0 Å². The van der Waals surface area contributed by atoms with Crippen LogP contribution in [0.1, 0.15) is 27.5 Å². The molecule has 0 unspecified atom stereocenters. The van der Waals surface area contributed by atoms with Crippen LogP contribution in [-0.4, -0.2) is 66.0 Å². The number of amides is 3. The molecule has 1 aliphatic heterocycles. The maximum absolute atomic E-state index is 14.1. The first-order chi connectivity index (χ1) is 17.3. The number of primary amides is 1. The van der Waals surface area contributed by atoms with Crippen LogP contribution >= 0.6 is 11.6 Å². The summed E-state index contributed by atoms with van der Waals surface area (Å²) in [5.74, 6) is -1.19. The molecule has 2 atom stereocenters. The number of nitrogens with one attached hydrogen (secondary N) is 2. The van der Waals surface area contributed by atoms with Crippen LogP contribution < -0.4 is 16.4 Å². The molecule has 0 radical (unpaired) electrons. The third-order valence-electron chi connectivity index (χ3n) is 6.18. The predicted molar refractivity (Wildman–Crippen MR) is 135 cm³/mol. The van der Waals surface area contributed by atoms with E-state index in [1.165, 1.54) is 16.8 Å². The second-order valence-corrected chi connectivity index (χ2v) is 9.12. The van der Waals surface area contributed by atoms with Gasteiger partial charge >= 0.3 is 6.03 Å². The number of hydrogen-bond donors (Lipinski definition) is 3. The predicted octanol–water partition coefficient (Wildman–Crippen LogP) is 3.31. The Morgan fingerprint density at radius 3 is 2.64 bits per heavy atom. The summed E-state index contributed by atoms with van der Waals surface area (Å²) in [6.45, 7) is 3.93. The van der Waals surface area contributed by atoms with Crippen LogP contribution in [0.2, 0.25) is 5.02 Å². The number of para-hydroxylation sites is 1. The van der Waals surface area contributed by atoms with E-state index < -0.39 is 17.8 Å². The van der Waals surface area contributed by atoms with Crippen molar-refractivity contribution >= 4 is 29.4 Å². The first-order valence-electron chi connectivity index (χ1n) is 11.5. The fourth-order valence-electron chi connectivity index (χ4n) is 4.57. The topological polar surface area (TPSA) is 115 Å². The number of likely N-dealkylation sites (tertiary alicyclic amines) is 1. The highest BCUT2D eigenvalue weighted by molar-refractivity contribution is 6.30. The van der Waals surface area contributed by atoms with Gasteiger partial charge in [-0.25, -0.2) is 13.9 Å². The molecule has 0 saturated carbocycles. The van der Waals surface area contributed by atoms with Gasteiger partial charge in [0.2, 0.25) is 0 Å². The lowest BCUT2D eigenvalue weighted by molar-refractivity contribution is 0.100. The van der Waals surface area contributed by atoms with Gasteiger partial charge in [0.25, 0.3) is 5.91 Å². The minimum absolute atomic E-state index is 0.121. The monoisotopic (exact) mass is 514 g/mol.